The van der Waals surface area contributed by atoms with Crippen molar-refractivity contribution >= 4 is 38.6 Å². The average Bonchev–Trinajstić information content (AvgIpc) is 2.85. The summed E-state index contributed by atoms with van der Waals surface area (Å²) in [6.07, 6.45) is 0. The molecule has 0 amide bonds. The van der Waals surface area contributed by atoms with E-state index < -0.39 is 0 Å². The van der Waals surface area contributed by atoms with Crippen molar-refractivity contribution in [3.8, 4) is 0 Å². The maximum Gasteiger partial charge on any atom is 0.0702 e. The van der Waals surface area contributed by atoms with Crippen LogP contribution in [0.5, 0.6) is 0 Å². The maximum absolute atomic E-state index is 3.51. The van der Waals surface area contributed by atoms with Gasteiger partial charge >= 0.3 is 0 Å². The molecule has 2 aromatic heterocycles. The van der Waals surface area contributed by atoms with E-state index >= 15 is 0 Å². The molecule has 0 spiro atoms. The Bertz CT molecular complexity index is 408. The molecule has 0 aliphatic rings. The Morgan fingerprint density at radius 2 is 2.27 bits per heavy atom. The molecular formula is C11H12BrNS2. The van der Waals surface area contributed by atoms with E-state index in [2.05, 4.69) is 57.1 Å². The molecule has 0 aliphatic heterocycles. The fraction of sp³-hybridized carbons (Fsp3) is 0.273. The largest absolute Gasteiger partial charge is 0.306 e. The van der Waals surface area contributed by atoms with Gasteiger partial charge in [0.15, 0.2) is 0 Å². The van der Waals surface area contributed by atoms with Crippen molar-refractivity contribution in [2.24, 2.45) is 0 Å². The first-order chi connectivity index (χ1) is 7.31. The second kappa shape index (κ2) is 5.25. The molecule has 0 aromatic carbocycles. The number of thiophene rings is 2. The minimum Gasteiger partial charge on any atom is -0.306 e. The molecule has 4 heteroatoms. The minimum atomic E-state index is 0.345. The smallest absolute Gasteiger partial charge is 0.0702 e. The first kappa shape index (κ1) is 11.3. The van der Waals surface area contributed by atoms with Crippen molar-refractivity contribution in [2.75, 3.05) is 6.54 Å². The van der Waals surface area contributed by atoms with Gasteiger partial charge in [-0.05, 0) is 57.0 Å². The summed E-state index contributed by atoms with van der Waals surface area (Å²) >= 11 is 7.05. The number of halogens is 1. The van der Waals surface area contributed by atoms with E-state index in [0.29, 0.717) is 6.04 Å². The van der Waals surface area contributed by atoms with Crippen LogP contribution < -0.4 is 5.32 Å². The van der Waals surface area contributed by atoms with Crippen LogP contribution in [0.3, 0.4) is 0 Å². The zero-order valence-electron chi connectivity index (χ0n) is 8.37. The van der Waals surface area contributed by atoms with Gasteiger partial charge in [-0.3, -0.25) is 0 Å². The molecule has 1 atom stereocenters. The van der Waals surface area contributed by atoms with Crippen molar-refractivity contribution in [3.63, 3.8) is 0 Å². The highest BCUT2D eigenvalue weighted by molar-refractivity contribution is 9.11. The lowest BCUT2D eigenvalue weighted by Crippen LogP contribution is -2.20. The SMILES string of the molecule is CCNC(c1ccsc1)c1ccc(Br)s1. The highest BCUT2D eigenvalue weighted by Crippen LogP contribution is 2.31. The Hall–Kier alpha value is -0.160. The molecular weight excluding hydrogens is 290 g/mol. The van der Waals surface area contributed by atoms with Crippen LogP contribution in [0.15, 0.2) is 32.7 Å². The Kier molecular flexibility index (Phi) is 3.97. The van der Waals surface area contributed by atoms with Gasteiger partial charge in [-0.15, -0.1) is 11.3 Å². The summed E-state index contributed by atoms with van der Waals surface area (Å²) < 4.78 is 1.19. The first-order valence-corrected chi connectivity index (χ1v) is 7.37. The van der Waals surface area contributed by atoms with E-state index in [-0.39, 0.29) is 0 Å². The second-order valence-electron chi connectivity index (χ2n) is 3.19. The van der Waals surface area contributed by atoms with Gasteiger partial charge in [-0.25, -0.2) is 0 Å². The van der Waals surface area contributed by atoms with E-state index in [4.69, 9.17) is 0 Å². The summed E-state index contributed by atoms with van der Waals surface area (Å²) in [5, 5.41) is 7.85. The van der Waals surface area contributed by atoms with Crippen LogP contribution in [0.1, 0.15) is 23.4 Å². The normalized spacial score (nSPS) is 12.9. The summed E-state index contributed by atoms with van der Waals surface area (Å²) in [7, 11) is 0. The van der Waals surface area contributed by atoms with Crippen LogP contribution in [0, 0.1) is 0 Å². The molecule has 0 aliphatic carbocycles. The summed E-state index contributed by atoms with van der Waals surface area (Å²) in [5.74, 6) is 0. The number of nitrogens with one attached hydrogen (secondary N) is 1. The lowest BCUT2D eigenvalue weighted by atomic mass is 10.1. The Labute approximate surface area is 106 Å². The summed E-state index contributed by atoms with van der Waals surface area (Å²) in [4.78, 5) is 1.36. The molecule has 2 rings (SSSR count). The van der Waals surface area contributed by atoms with Crippen LogP contribution in [0.25, 0.3) is 0 Å². The third-order valence-electron chi connectivity index (χ3n) is 2.16. The molecule has 1 unspecified atom stereocenters. The highest BCUT2D eigenvalue weighted by Gasteiger charge is 2.14. The van der Waals surface area contributed by atoms with Crippen LogP contribution >= 0.6 is 38.6 Å². The van der Waals surface area contributed by atoms with Crippen LogP contribution in [0.4, 0.5) is 0 Å². The van der Waals surface area contributed by atoms with Gasteiger partial charge in [0.2, 0.25) is 0 Å². The third-order valence-corrected chi connectivity index (χ3v) is 4.55. The van der Waals surface area contributed by atoms with Gasteiger partial charge < -0.3 is 5.32 Å². The van der Waals surface area contributed by atoms with Gasteiger partial charge in [0, 0.05) is 4.88 Å². The first-order valence-electron chi connectivity index (χ1n) is 4.82. The summed E-state index contributed by atoms with van der Waals surface area (Å²) in [6, 6.07) is 6.82. The minimum absolute atomic E-state index is 0.345. The number of hydrogen-bond donors (Lipinski definition) is 1. The summed E-state index contributed by atoms with van der Waals surface area (Å²) in [6.45, 7) is 3.12. The zero-order chi connectivity index (χ0) is 10.7. The fourth-order valence-electron chi connectivity index (χ4n) is 1.51. The molecule has 2 heterocycles. The molecule has 0 bridgehead atoms. The van der Waals surface area contributed by atoms with Gasteiger partial charge in [0.1, 0.15) is 0 Å². The number of rotatable bonds is 4. The highest BCUT2D eigenvalue weighted by atomic mass is 79.9. The lowest BCUT2D eigenvalue weighted by molar-refractivity contribution is 0.641. The van der Waals surface area contributed by atoms with E-state index in [0.717, 1.165) is 6.54 Å². The molecule has 0 radical (unpaired) electrons. The van der Waals surface area contributed by atoms with Crippen LogP contribution in [-0.2, 0) is 0 Å². The lowest BCUT2D eigenvalue weighted by Gasteiger charge is -2.14. The molecule has 80 valence electrons. The monoisotopic (exact) mass is 301 g/mol. The molecule has 1 N–H and O–H groups in total. The van der Waals surface area contributed by atoms with Crippen molar-refractivity contribution in [1.82, 2.24) is 5.32 Å². The summed E-state index contributed by atoms with van der Waals surface area (Å²) in [5.41, 5.74) is 1.36. The quantitative estimate of drug-likeness (QED) is 0.889. The van der Waals surface area contributed by atoms with Gasteiger partial charge in [-0.2, -0.15) is 11.3 Å². The standard InChI is InChI=1S/C11H12BrNS2/c1-2-13-11(8-5-6-14-7-8)9-3-4-10(12)15-9/h3-7,11,13H,2H2,1H3. The third kappa shape index (κ3) is 2.69. The molecule has 2 aromatic rings. The predicted molar refractivity (Wildman–Crippen MR) is 71.9 cm³/mol. The molecule has 15 heavy (non-hydrogen) atoms. The number of hydrogen-bond acceptors (Lipinski definition) is 3. The van der Waals surface area contributed by atoms with E-state index in [9.17, 15) is 0 Å². The fourth-order valence-corrected chi connectivity index (χ4v) is 3.72. The van der Waals surface area contributed by atoms with E-state index in [1.165, 1.54) is 14.2 Å². The molecule has 0 saturated carbocycles. The Balaban J connectivity index is 2.27. The second-order valence-corrected chi connectivity index (χ2v) is 6.46. The van der Waals surface area contributed by atoms with Crippen molar-refractivity contribution in [3.05, 3.63) is 43.2 Å². The van der Waals surface area contributed by atoms with Crippen molar-refractivity contribution < 1.29 is 0 Å². The molecule has 0 saturated heterocycles. The maximum atomic E-state index is 3.51. The molecule has 1 nitrogen and oxygen atoms in total. The van der Waals surface area contributed by atoms with Gasteiger partial charge in [-0.1, -0.05) is 6.92 Å². The average molecular weight is 302 g/mol. The van der Waals surface area contributed by atoms with Gasteiger partial charge in [0.25, 0.3) is 0 Å². The van der Waals surface area contributed by atoms with Crippen LogP contribution in [0.2, 0.25) is 0 Å². The van der Waals surface area contributed by atoms with Crippen molar-refractivity contribution in [2.45, 2.75) is 13.0 Å². The zero-order valence-corrected chi connectivity index (χ0v) is 11.6. The topological polar surface area (TPSA) is 12.0 Å². The van der Waals surface area contributed by atoms with Crippen LogP contribution in [-0.4, -0.2) is 6.54 Å². The van der Waals surface area contributed by atoms with Crippen molar-refractivity contribution in [1.29, 1.82) is 0 Å². The van der Waals surface area contributed by atoms with Gasteiger partial charge in [0.05, 0.1) is 9.83 Å². The predicted octanol–water partition coefficient (Wildman–Crippen LogP) is 4.27. The van der Waals surface area contributed by atoms with E-state index in [1.54, 1.807) is 22.7 Å². The Morgan fingerprint density at radius 1 is 1.40 bits per heavy atom. The molecule has 0 fully saturated rings. The Morgan fingerprint density at radius 3 is 2.80 bits per heavy atom. The van der Waals surface area contributed by atoms with E-state index in [1.807, 2.05) is 0 Å².